The molecular formula is C15H18INO. The van der Waals surface area contributed by atoms with Crippen LogP contribution in [0.25, 0.3) is 0 Å². The van der Waals surface area contributed by atoms with Crippen molar-refractivity contribution in [2.24, 2.45) is 0 Å². The first-order chi connectivity index (χ1) is 8.65. The number of rotatable bonds is 5. The van der Waals surface area contributed by atoms with Gasteiger partial charge in [-0.05, 0) is 66.1 Å². The number of furan rings is 1. The SMILES string of the molecule is Cc1ccccc1CC(C)NCc1ccc(I)o1. The maximum absolute atomic E-state index is 5.53. The first-order valence-electron chi connectivity index (χ1n) is 6.17. The molecule has 1 aromatic carbocycles. The molecular weight excluding hydrogens is 337 g/mol. The topological polar surface area (TPSA) is 25.2 Å². The van der Waals surface area contributed by atoms with Gasteiger partial charge < -0.3 is 9.73 Å². The van der Waals surface area contributed by atoms with Gasteiger partial charge in [-0.15, -0.1) is 0 Å². The molecule has 1 atom stereocenters. The average Bonchev–Trinajstić information content (AvgIpc) is 2.76. The summed E-state index contributed by atoms with van der Waals surface area (Å²) < 4.78 is 6.47. The van der Waals surface area contributed by atoms with E-state index in [-0.39, 0.29) is 0 Å². The zero-order chi connectivity index (χ0) is 13.0. The van der Waals surface area contributed by atoms with Crippen LogP contribution >= 0.6 is 22.6 Å². The van der Waals surface area contributed by atoms with Gasteiger partial charge in [0, 0.05) is 6.04 Å². The Bertz CT molecular complexity index is 507. The minimum absolute atomic E-state index is 0.439. The van der Waals surface area contributed by atoms with Crippen molar-refractivity contribution >= 4 is 22.6 Å². The highest BCUT2D eigenvalue weighted by Gasteiger charge is 2.06. The Morgan fingerprint density at radius 3 is 2.67 bits per heavy atom. The molecule has 0 spiro atoms. The maximum atomic E-state index is 5.53. The molecule has 1 N–H and O–H groups in total. The van der Waals surface area contributed by atoms with Gasteiger partial charge in [-0.2, -0.15) is 0 Å². The van der Waals surface area contributed by atoms with Crippen LogP contribution in [0.3, 0.4) is 0 Å². The molecule has 1 unspecified atom stereocenters. The minimum atomic E-state index is 0.439. The fourth-order valence-corrected chi connectivity index (χ4v) is 2.43. The van der Waals surface area contributed by atoms with E-state index in [4.69, 9.17) is 4.42 Å². The Morgan fingerprint density at radius 1 is 1.22 bits per heavy atom. The van der Waals surface area contributed by atoms with E-state index in [1.165, 1.54) is 11.1 Å². The molecule has 96 valence electrons. The highest BCUT2D eigenvalue weighted by Crippen LogP contribution is 2.12. The van der Waals surface area contributed by atoms with Crippen LogP contribution in [-0.4, -0.2) is 6.04 Å². The van der Waals surface area contributed by atoms with Gasteiger partial charge in [0.1, 0.15) is 5.76 Å². The van der Waals surface area contributed by atoms with Gasteiger partial charge >= 0.3 is 0 Å². The summed E-state index contributed by atoms with van der Waals surface area (Å²) in [5.41, 5.74) is 2.77. The van der Waals surface area contributed by atoms with Crippen LogP contribution in [0.5, 0.6) is 0 Å². The van der Waals surface area contributed by atoms with Crippen LogP contribution in [0.2, 0.25) is 0 Å². The van der Waals surface area contributed by atoms with Crippen LogP contribution in [0, 0.1) is 10.7 Å². The van der Waals surface area contributed by atoms with Gasteiger partial charge in [0.05, 0.1) is 6.54 Å². The van der Waals surface area contributed by atoms with Gasteiger partial charge in [-0.25, -0.2) is 0 Å². The summed E-state index contributed by atoms with van der Waals surface area (Å²) in [6.07, 6.45) is 1.05. The maximum Gasteiger partial charge on any atom is 0.164 e. The highest BCUT2D eigenvalue weighted by atomic mass is 127. The second kappa shape index (κ2) is 6.38. The van der Waals surface area contributed by atoms with E-state index in [1.54, 1.807) is 0 Å². The van der Waals surface area contributed by atoms with Gasteiger partial charge in [-0.3, -0.25) is 0 Å². The molecule has 0 saturated carbocycles. The summed E-state index contributed by atoms with van der Waals surface area (Å²) in [5, 5.41) is 3.49. The lowest BCUT2D eigenvalue weighted by molar-refractivity contribution is 0.439. The van der Waals surface area contributed by atoms with Crippen molar-refractivity contribution in [2.45, 2.75) is 32.9 Å². The van der Waals surface area contributed by atoms with E-state index in [0.717, 1.165) is 22.5 Å². The molecule has 1 aromatic heterocycles. The van der Waals surface area contributed by atoms with Gasteiger partial charge in [0.15, 0.2) is 3.77 Å². The summed E-state index contributed by atoms with van der Waals surface area (Å²) in [4.78, 5) is 0. The number of halogens is 1. The molecule has 3 heteroatoms. The van der Waals surface area contributed by atoms with Crippen LogP contribution in [-0.2, 0) is 13.0 Å². The number of hydrogen-bond acceptors (Lipinski definition) is 2. The molecule has 0 aliphatic rings. The van der Waals surface area contributed by atoms with Crippen molar-refractivity contribution in [3.05, 3.63) is 57.1 Å². The van der Waals surface area contributed by atoms with E-state index < -0.39 is 0 Å². The Morgan fingerprint density at radius 2 is 2.00 bits per heavy atom. The van der Waals surface area contributed by atoms with Gasteiger partial charge in [-0.1, -0.05) is 24.3 Å². The minimum Gasteiger partial charge on any atom is -0.454 e. The van der Waals surface area contributed by atoms with Crippen LogP contribution in [0.1, 0.15) is 23.8 Å². The van der Waals surface area contributed by atoms with E-state index >= 15 is 0 Å². The van der Waals surface area contributed by atoms with Crippen LogP contribution in [0.15, 0.2) is 40.8 Å². The van der Waals surface area contributed by atoms with Gasteiger partial charge in [0.2, 0.25) is 0 Å². The Balaban J connectivity index is 1.85. The van der Waals surface area contributed by atoms with E-state index in [9.17, 15) is 0 Å². The number of hydrogen-bond donors (Lipinski definition) is 1. The van der Waals surface area contributed by atoms with Crippen molar-refractivity contribution in [1.29, 1.82) is 0 Å². The van der Waals surface area contributed by atoms with Gasteiger partial charge in [0.25, 0.3) is 0 Å². The predicted molar refractivity (Wildman–Crippen MR) is 82.6 cm³/mol. The summed E-state index contributed by atoms with van der Waals surface area (Å²) in [5.74, 6) is 0.996. The van der Waals surface area contributed by atoms with E-state index in [2.05, 4.69) is 66.0 Å². The van der Waals surface area contributed by atoms with E-state index in [0.29, 0.717) is 6.04 Å². The summed E-state index contributed by atoms with van der Waals surface area (Å²) >= 11 is 2.19. The average molecular weight is 355 g/mol. The fraction of sp³-hybridized carbons (Fsp3) is 0.333. The van der Waals surface area contributed by atoms with Crippen LogP contribution in [0.4, 0.5) is 0 Å². The monoisotopic (exact) mass is 355 g/mol. The second-order valence-corrected chi connectivity index (χ2v) is 5.68. The predicted octanol–water partition coefficient (Wildman–Crippen LogP) is 3.91. The Labute approximate surface area is 122 Å². The molecule has 2 rings (SSSR count). The molecule has 2 nitrogen and oxygen atoms in total. The lowest BCUT2D eigenvalue weighted by Crippen LogP contribution is -2.27. The largest absolute Gasteiger partial charge is 0.454 e. The first-order valence-corrected chi connectivity index (χ1v) is 7.25. The lowest BCUT2D eigenvalue weighted by atomic mass is 10.0. The summed E-state index contributed by atoms with van der Waals surface area (Å²) in [6, 6.07) is 13.0. The smallest absolute Gasteiger partial charge is 0.164 e. The third kappa shape index (κ3) is 3.85. The Hall–Kier alpha value is -0.810. The fourth-order valence-electron chi connectivity index (χ4n) is 1.96. The molecule has 0 aliphatic heterocycles. The highest BCUT2D eigenvalue weighted by molar-refractivity contribution is 14.1. The molecule has 18 heavy (non-hydrogen) atoms. The lowest BCUT2D eigenvalue weighted by Gasteiger charge is -2.14. The molecule has 0 amide bonds. The standard InChI is InChI=1S/C15H18INO/c1-11-5-3-4-6-13(11)9-12(2)17-10-14-7-8-15(16)18-14/h3-8,12,17H,9-10H2,1-2H3. The zero-order valence-corrected chi connectivity index (χ0v) is 12.9. The summed E-state index contributed by atoms with van der Waals surface area (Å²) in [6.45, 7) is 5.16. The molecule has 0 radical (unpaired) electrons. The normalized spacial score (nSPS) is 12.6. The van der Waals surface area contributed by atoms with E-state index in [1.807, 2.05) is 12.1 Å². The Kier molecular flexibility index (Phi) is 4.83. The van der Waals surface area contributed by atoms with Crippen molar-refractivity contribution < 1.29 is 4.42 Å². The van der Waals surface area contributed by atoms with Crippen molar-refractivity contribution in [3.8, 4) is 0 Å². The number of nitrogens with one attached hydrogen (secondary N) is 1. The third-order valence-corrected chi connectivity index (χ3v) is 3.62. The van der Waals surface area contributed by atoms with Crippen LogP contribution < -0.4 is 5.32 Å². The second-order valence-electron chi connectivity index (χ2n) is 4.62. The van der Waals surface area contributed by atoms with Crippen molar-refractivity contribution in [2.75, 3.05) is 0 Å². The molecule has 2 aromatic rings. The van der Waals surface area contributed by atoms with Crippen molar-refractivity contribution in [3.63, 3.8) is 0 Å². The molecule has 0 bridgehead atoms. The molecule has 0 aliphatic carbocycles. The third-order valence-electron chi connectivity index (χ3n) is 3.04. The van der Waals surface area contributed by atoms with Crippen molar-refractivity contribution in [1.82, 2.24) is 5.32 Å². The first kappa shape index (κ1) is 13.6. The number of benzene rings is 1. The quantitative estimate of drug-likeness (QED) is 0.823. The molecule has 0 fully saturated rings. The molecule has 1 heterocycles. The molecule has 0 saturated heterocycles. The summed E-state index contributed by atoms with van der Waals surface area (Å²) in [7, 11) is 0. The number of aryl methyl sites for hydroxylation is 1. The zero-order valence-electron chi connectivity index (χ0n) is 10.7.